The summed E-state index contributed by atoms with van der Waals surface area (Å²) in [6.07, 6.45) is 1.70. The highest BCUT2D eigenvalue weighted by Gasteiger charge is 2.54. The van der Waals surface area contributed by atoms with E-state index < -0.39 is 40.5 Å². The van der Waals surface area contributed by atoms with Crippen molar-refractivity contribution in [2.24, 2.45) is 5.92 Å². The molecule has 0 unspecified atom stereocenters. The predicted octanol–water partition coefficient (Wildman–Crippen LogP) is 1.89. The molecule has 2 N–H and O–H groups in total. The van der Waals surface area contributed by atoms with Gasteiger partial charge in [-0.1, -0.05) is 0 Å². The van der Waals surface area contributed by atoms with Gasteiger partial charge < -0.3 is 15.2 Å². The van der Waals surface area contributed by atoms with E-state index in [2.05, 4.69) is 15.3 Å². The molecule has 32 heavy (non-hydrogen) atoms. The second-order valence-electron chi connectivity index (χ2n) is 9.26. The van der Waals surface area contributed by atoms with Gasteiger partial charge in [0.05, 0.1) is 18.4 Å². The van der Waals surface area contributed by atoms with Crippen molar-refractivity contribution < 1.29 is 27.0 Å². The van der Waals surface area contributed by atoms with Gasteiger partial charge in [0, 0.05) is 25.6 Å². The zero-order chi connectivity index (χ0) is 23.1. The molecule has 1 saturated heterocycles. The van der Waals surface area contributed by atoms with E-state index in [4.69, 9.17) is 4.74 Å². The average Bonchev–Trinajstić information content (AvgIpc) is 3.46. The van der Waals surface area contributed by atoms with Crippen LogP contribution in [-0.4, -0.2) is 70.3 Å². The van der Waals surface area contributed by atoms with Crippen LogP contribution in [0.3, 0.4) is 0 Å². The third-order valence-electron chi connectivity index (χ3n) is 6.25. The summed E-state index contributed by atoms with van der Waals surface area (Å²) in [7, 11) is -3.23. The van der Waals surface area contributed by atoms with Crippen molar-refractivity contribution in [1.82, 2.24) is 14.3 Å². The van der Waals surface area contributed by atoms with Crippen LogP contribution >= 0.6 is 0 Å². The lowest BCUT2D eigenvalue weighted by atomic mass is 10.0. The number of ether oxygens (including phenoxy) is 1. The smallest absolute Gasteiger partial charge is 0.254 e. The van der Waals surface area contributed by atoms with Gasteiger partial charge in [0.1, 0.15) is 23.3 Å². The first-order valence-electron chi connectivity index (χ1n) is 10.8. The summed E-state index contributed by atoms with van der Waals surface area (Å²) in [4.78, 5) is 8.27. The molecular weight excluding hydrogens is 444 g/mol. The van der Waals surface area contributed by atoms with Gasteiger partial charge in [-0.3, -0.25) is 0 Å². The Hall–Kier alpha value is -2.10. The van der Waals surface area contributed by atoms with Crippen LogP contribution in [0, 0.1) is 17.2 Å². The Morgan fingerprint density at radius 2 is 2.03 bits per heavy atom. The molecule has 1 aliphatic heterocycles. The standard InChI is InChI=1S/C20H27F2N5O4S/c1-19(28)12-20(21,22)8-16(19)31-17-14(9-23)10-24-18(26-17)25-15-4-6-27(7-5-15)32(29,30)11-13-2-3-13/h10,13,15-16,28H,2-8,11-12H2,1H3,(H,24,25,26)/t16-,19+/m1/s1. The molecule has 12 heteroatoms. The third kappa shape index (κ3) is 5.27. The Morgan fingerprint density at radius 3 is 2.59 bits per heavy atom. The molecule has 0 spiro atoms. The largest absolute Gasteiger partial charge is 0.470 e. The van der Waals surface area contributed by atoms with Crippen LogP contribution in [0.15, 0.2) is 6.20 Å². The SMILES string of the molecule is C[C@]1(O)CC(F)(F)C[C@H]1Oc1nc(NC2CCN(S(=O)(=O)CC3CC3)CC2)ncc1C#N. The first-order valence-corrected chi connectivity index (χ1v) is 12.4. The van der Waals surface area contributed by atoms with Gasteiger partial charge >= 0.3 is 0 Å². The van der Waals surface area contributed by atoms with Crippen LogP contribution in [0.25, 0.3) is 0 Å². The number of anilines is 1. The predicted molar refractivity (Wildman–Crippen MR) is 111 cm³/mol. The Morgan fingerprint density at radius 1 is 1.34 bits per heavy atom. The lowest BCUT2D eigenvalue weighted by Crippen LogP contribution is -2.43. The van der Waals surface area contributed by atoms with E-state index in [0.717, 1.165) is 12.8 Å². The van der Waals surface area contributed by atoms with Crippen LogP contribution in [0.5, 0.6) is 5.88 Å². The fourth-order valence-electron chi connectivity index (χ4n) is 4.26. The average molecular weight is 472 g/mol. The summed E-state index contributed by atoms with van der Waals surface area (Å²) in [5.41, 5.74) is -1.78. The molecule has 9 nitrogen and oxygen atoms in total. The van der Waals surface area contributed by atoms with Gasteiger partial charge in [0.2, 0.25) is 21.9 Å². The summed E-state index contributed by atoms with van der Waals surface area (Å²) < 4.78 is 59.5. The fraction of sp³-hybridized carbons (Fsp3) is 0.750. The first-order chi connectivity index (χ1) is 15.0. The highest BCUT2D eigenvalue weighted by atomic mass is 32.2. The summed E-state index contributed by atoms with van der Waals surface area (Å²) >= 11 is 0. The minimum Gasteiger partial charge on any atom is -0.470 e. The quantitative estimate of drug-likeness (QED) is 0.617. The molecule has 0 aromatic carbocycles. The van der Waals surface area contributed by atoms with E-state index in [-0.39, 0.29) is 29.2 Å². The van der Waals surface area contributed by atoms with Gasteiger partial charge in [0.15, 0.2) is 0 Å². The molecule has 0 amide bonds. The van der Waals surface area contributed by atoms with Crippen molar-refractivity contribution in [3.63, 3.8) is 0 Å². The molecule has 0 bridgehead atoms. The molecule has 2 heterocycles. The number of alkyl halides is 2. The third-order valence-corrected chi connectivity index (χ3v) is 8.29. The normalized spacial score (nSPS) is 28.9. The maximum absolute atomic E-state index is 13.8. The number of hydrogen-bond donors (Lipinski definition) is 2. The lowest BCUT2D eigenvalue weighted by Gasteiger charge is -2.31. The van der Waals surface area contributed by atoms with Gasteiger partial charge in [-0.2, -0.15) is 10.2 Å². The van der Waals surface area contributed by atoms with E-state index in [1.54, 1.807) is 0 Å². The van der Waals surface area contributed by atoms with E-state index in [9.17, 15) is 27.6 Å². The van der Waals surface area contributed by atoms with E-state index in [1.807, 2.05) is 6.07 Å². The number of nitrogens with zero attached hydrogens (tertiary/aromatic N) is 4. The number of sulfonamides is 1. The van der Waals surface area contributed by atoms with Crippen molar-refractivity contribution in [2.75, 3.05) is 24.2 Å². The minimum atomic E-state index is -3.23. The molecule has 2 aliphatic carbocycles. The molecule has 1 aromatic rings. The number of nitrogens with one attached hydrogen (secondary N) is 1. The zero-order valence-electron chi connectivity index (χ0n) is 17.8. The molecule has 3 fully saturated rings. The lowest BCUT2D eigenvalue weighted by molar-refractivity contribution is -0.0406. The van der Waals surface area contributed by atoms with Gasteiger partial charge in [-0.25, -0.2) is 26.5 Å². The van der Waals surface area contributed by atoms with Crippen LogP contribution in [0.1, 0.15) is 51.0 Å². The number of piperidine rings is 1. The maximum atomic E-state index is 13.8. The van der Waals surface area contributed by atoms with E-state index in [0.29, 0.717) is 31.8 Å². The van der Waals surface area contributed by atoms with Gasteiger partial charge in [-0.05, 0) is 38.5 Å². The Kier molecular flexibility index (Phi) is 6.02. The molecule has 2 saturated carbocycles. The Bertz CT molecular complexity index is 1000. The Balaban J connectivity index is 1.39. The van der Waals surface area contributed by atoms with Crippen LogP contribution in [0.2, 0.25) is 0 Å². The number of halogens is 2. The van der Waals surface area contributed by atoms with E-state index in [1.165, 1.54) is 17.4 Å². The molecule has 3 aliphatic rings. The van der Waals surface area contributed by atoms with Gasteiger partial charge in [-0.15, -0.1) is 0 Å². The van der Waals surface area contributed by atoms with Crippen LogP contribution in [0.4, 0.5) is 14.7 Å². The van der Waals surface area contributed by atoms with Crippen molar-refractivity contribution in [3.8, 4) is 11.9 Å². The summed E-state index contributed by atoms with van der Waals surface area (Å²) in [5, 5.41) is 22.7. The number of aromatic nitrogens is 2. The summed E-state index contributed by atoms with van der Waals surface area (Å²) in [6.45, 7) is 2.06. The van der Waals surface area contributed by atoms with Crippen molar-refractivity contribution in [3.05, 3.63) is 11.8 Å². The minimum absolute atomic E-state index is 0.0254. The highest BCUT2D eigenvalue weighted by Crippen LogP contribution is 2.43. The first kappa shape index (κ1) is 23.1. The fourth-order valence-corrected chi connectivity index (χ4v) is 6.16. The summed E-state index contributed by atoms with van der Waals surface area (Å²) in [6, 6.07) is 1.79. The highest BCUT2D eigenvalue weighted by molar-refractivity contribution is 7.89. The zero-order valence-corrected chi connectivity index (χ0v) is 18.6. The number of rotatable bonds is 7. The van der Waals surface area contributed by atoms with E-state index >= 15 is 0 Å². The second-order valence-corrected chi connectivity index (χ2v) is 11.3. The molecule has 1 aromatic heterocycles. The second kappa shape index (κ2) is 8.35. The number of hydrogen-bond acceptors (Lipinski definition) is 8. The van der Waals surface area contributed by atoms with Gasteiger partial charge in [0.25, 0.3) is 5.92 Å². The van der Waals surface area contributed by atoms with Crippen molar-refractivity contribution in [2.45, 2.75) is 69.1 Å². The molecule has 176 valence electrons. The monoisotopic (exact) mass is 471 g/mol. The number of nitriles is 1. The van der Waals surface area contributed by atoms with Crippen LogP contribution < -0.4 is 10.1 Å². The van der Waals surface area contributed by atoms with Crippen molar-refractivity contribution >= 4 is 16.0 Å². The molecule has 4 rings (SSSR count). The topological polar surface area (TPSA) is 128 Å². The number of aliphatic hydroxyl groups is 1. The molecule has 0 radical (unpaired) electrons. The molecule has 2 atom stereocenters. The summed E-state index contributed by atoms with van der Waals surface area (Å²) in [5.74, 6) is -2.57. The van der Waals surface area contributed by atoms with Crippen molar-refractivity contribution in [1.29, 1.82) is 5.26 Å². The molecular formula is C20H27F2N5O4S. The van der Waals surface area contributed by atoms with Crippen LogP contribution in [-0.2, 0) is 10.0 Å². The Labute approximate surface area is 185 Å². The maximum Gasteiger partial charge on any atom is 0.254 e.